The van der Waals surface area contributed by atoms with Gasteiger partial charge in [0.15, 0.2) is 0 Å². The van der Waals surface area contributed by atoms with E-state index in [1.165, 1.54) is 28.6 Å². The molecule has 1 N–H and O–H groups in total. The molecule has 0 amide bonds. The zero-order valence-electron chi connectivity index (χ0n) is 11.7. The van der Waals surface area contributed by atoms with Crippen molar-refractivity contribution >= 4 is 16.0 Å². The monoisotopic (exact) mass is 297 g/mol. The molecule has 1 aromatic rings. The van der Waals surface area contributed by atoms with E-state index in [4.69, 9.17) is 5.11 Å². The summed E-state index contributed by atoms with van der Waals surface area (Å²) in [5.74, 6) is -1.07. The molecule has 6 heteroatoms. The van der Waals surface area contributed by atoms with E-state index in [9.17, 15) is 13.2 Å². The summed E-state index contributed by atoms with van der Waals surface area (Å²) in [5, 5.41) is 8.96. The van der Waals surface area contributed by atoms with Crippen molar-refractivity contribution in [2.24, 2.45) is 0 Å². The van der Waals surface area contributed by atoms with Crippen LogP contribution in [0.25, 0.3) is 0 Å². The lowest BCUT2D eigenvalue weighted by Gasteiger charge is -2.20. The second-order valence-electron chi connectivity index (χ2n) is 4.43. The predicted octanol–water partition coefficient (Wildman–Crippen LogP) is 2.28. The van der Waals surface area contributed by atoms with Crippen molar-refractivity contribution in [1.29, 1.82) is 0 Å². The number of benzene rings is 1. The van der Waals surface area contributed by atoms with Crippen LogP contribution in [-0.4, -0.2) is 36.9 Å². The van der Waals surface area contributed by atoms with Crippen LogP contribution in [0.5, 0.6) is 0 Å². The van der Waals surface area contributed by atoms with E-state index >= 15 is 0 Å². The van der Waals surface area contributed by atoms with Crippen molar-refractivity contribution in [3.8, 4) is 0 Å². The number of aryl methyl sites for hydroxylation is 1. The molecule has 0 unspecified atom stereocenters. The first-order valence-corrected chi connectivity index (χ1v) is 7.73. The van der Waals surface area contributed by atoms with Crippen LogP contribution in [-0.2, 0) is 10.0 Å². The standard InChI is InChI=1S/C14H19NO4S/c1-4-8-15(9-5-2)20(18,19)12-6-7-13(14(16)17)11(3)10-12/h4,6-7,10H,1,5,8-9H2,2-3H3,(H,16,17). The highest BCUT2D eigenvalue weighted by atomic mass is 32.2. The van der Waals surface area contributed by atoms with Crippen LogP contribution >= 0.6 is 0 Å². The van der Waals surface area contributed by atoms with Gasteiger partial charge in [-0.25, -0.2) is 13.2 Å². The normalized spacial score (nSPS) is 11.6. The molecule has 0 bridgehead atoms. The maximum absolute atomic E-state index is 12.5. The van der Waals surface area contributed by atoms with E-state index in [-0.39, 0.29) is 17.0 Å². The Morgan fingerprint density at radius 1 is 1.45 bits per heavy atom. The zero-order valence-corrected chi connectivity index (χ0v) is 12.5. The van der Waals surface area contributed by atoms with Crippen molar-refractivity contribution in [3.63, 3.8) is 0 Å². The Balaban J connectivity index is 3.24. The van der Waals surface area contributed by atoms with Gasteiger partial charge in [0, 0.05) is 13.1 Å². The van der Waals surface area contributed by atoms with E-state index in [1.54, 1.807) is 6.92 Å². The summed E-state index contributed by atoms with van der Waals surface area (Å²) < 4.78 is 26.3. The molecular weight excluding hydrogens is 278 g/mol. The molecule has 0 aliphatic carbocycles. The van der Waals surface area contributed by atoms with Crippen molar-refractivity contribution in [2.45, 2.75) is 25.2 Å². The quantitative estimate of drug-likeness (QED) is 0.783. The summed E-state index contributed by atoms with van der Waals surface area (Å²) in [6.45, 7) is 7.67. The topological polar surface area (TPSA) is 74.7 Å². The number of hydrogen-bond donors (Lipinski definition) is 1. The van der Waals surface area contributed by atoms with Crippen LogP contribution in [0.2, 0.25) is 0 Å². The van der Waals surface area contributed by atoms with Crippen molar-refractivity contribution in [3.05, 3.63) is 42.0 Å². The van der Waals surface area contributed by atoms with Crippen LogP contribution in [0.15, 0.2) is 35.7 Å². The van der Waals surface area contributed by atoms with Gasteiger partial charge in [0.25, 0.3) is 0 Å². The lowest BCUT2D eigenvalue weighted by Crippen LogP contribution is -2.32. The average Bonchev–Trinajstić information content (AvgIpc) is 2.37. The minimum atomic E-state index is -3.62. The fourth-order valence-corrected chi connectivity index (χ4v) is 3.48. The molecule has 0 atom stereocenters. The zero-order chi connectivity index (χ0) is 15.3. The van der Waals surface area contributed by atoms with Crippen LogP contribution in [0, 0.1) is 6.92 Å². The molecule has 0 fully saturated rings. The van der Waals surface area contributed by atoms with Crippen LogP contribution < -0.4 is 0 Å². The van der Waals surface area contributed by atoms with Gasteiger partial charge >= 0.3 is 5.97 Å². The summed E-state index contributed by atoms with van der Waals surface area (Å²) in [6, 6.07) is 4.05. The van der Waals surface area contributed by atoms with Gasteiger partial charge in [0.05, 0.1) is 10.5 Å². The molecule has 1 aromatic carbocycles. The lowest BCUT2D eigenvalue weighted by molar-refractivity contribution is 0.0696. The summed E-state index contributed by atoms with van der Waals surface area (Å²) in [6.07, 6.45) is 2.23. The van der Waals surface area contributed by atoms with Gasteiger partial charge in [0.2, 0.25) is 10.0 Å². The third-order valence-corrected chi connectivity index (χ3v) is 4.73. The van der Waals surface area contributed by atoms with Gasteiger partial charge in [-0.05, 0) is 37.1 Å². The number of nitrogens with zero attached hydrogens (tertiary/aromatic N) is 1. The Labute approximate surface area is 119 Å². The molecule has 0 aliphatic heterocycles. The average molecular weight is 297 g/mol. The van der Waals surface area contributed by atoms with E-state index < -0.39 is 16.0 Å². The minimum absolute atomic E-state index is 0.106. The molecule has 0 spiro atoms. The summed E-state index contributed by atoms with van der Waals surface area (Å²) >= 11 is 0. The lowest BCUT2D eigenvalue weighted by atomic mass is 10.1. The number of carboxylic acid groups (broad SMARTS) is 1. The first kappa shape index (κ1) is 16.4. The van der Waals surface area contributed by atoms with E-state index in [1.807, 2.05) is 6.92 Å². The highest BCUT2D eigenvalue weighted by Gasteiger charge is 2.23. The maximum Gasteiger partial charge on any atom is 0.335 e. The molecule has 5 nitrogen and oxygen atoms in total. The Bertz CT molecular complexity index is 608. The third kappa shape index (κ3) is 3.46. The number of carbonyl (C=O) groups is 1. The summed E-state index contributed by atoms with van der Waals surface area (Å²) in [7, 11) is -3.62. The van der Waals surface area contributed by atoms with Crippen LogP contribution in [0.3, 0.4) is 0 Å². The fraction of sp³-hybridized carbons (Fsp3) is 0.357. The van der Waals surface area contributed by atoms with E-state index in [0.717, 1.165) is 0 Å². The molecule has 0 radical (unpaired) electrons. The second-order valence-corrected chi connectivity index (χ2v) is 6.37. The van der Waals surface area contributed by atoms with E-state index in [0.29, 0.717) is 18.5 Å². The summed E-state index contributed by atoms with van der Waals surface area (Å²) in [4.78, 5) is 11.1. The number of aromatic carboxylic acids is 1. The van der Waals surface area contributed by atoms with Crippen molar-refractivity contribution in [1.82, 2.24) is 4.31 Å². The van der Waals surface area contributed by atoms with Gasteiger partial charge < -0.3 is 5.11 Å². The molecular formula is C14H19NO4S. The first-order chi connectivity index (χ1) is 9.34. The second kappa shape index (κ2) is 6.67. The molecule has 0 saturated carbocycles. The Morgan fingerprint density at radius 3 is 2.55 bits per heavy atom. The number of rotatable bonds is 7. The van der Waals surface area contributed by atoms with E-state index in [2.05, 4.69) is 6.58 Å². The van der Waals surface area contributed by atoms with Gasteiger partial charge in [-0.1, -0.05) is 13.0 Å². The molecule has 0 aliphatic rings. The van der Waals surface area contributed by atoms with Crippen LogP contribution in [0.1, 0.15) is 29.3 Å². The largest absolute Gasteiger partial charge is 0.478 e. The van der Waals surface area contributed by atoms with Gasteiger partial charge in [-0.15, -0.1) is 6.58 Å². The molecule has 0 heterocycles. The molecule has 110 valence electrons. The predicted molar refractivity (Wildman–Crippen MR) is 77.4 cm³/mol. The number of hydrogen-bond acceptors (Lipinski definition) is 3. The first-order valence-electron chi connectivity index (χ1n) is 6.29. The minimum Gasteiger partial charge on any atom is -0.478 e. The third-order valence-electron chi connectivity index (χ3n) is 2.87. The molecule has 0 saturated heterocycles. The van der Waals surface area contributed by atoms with Crippen LogP contribution in [0.4, 0.5) is 0 Å². The van der Waals surface area contributed by atoms with Crippen molar-refractivity contribution in [2.75, 3.05) is 13.1 Å². The SMILES string of the molecule is C=CCN(CCC)S(=O)(=O)c1ccc(C(=O)O)c(C)c1. The van der Waals surface area contributed by atoms with Gasteiger partial charge in [0.1, 0.15) is 0 Å². The fourth-order valence-electron chi connectivity index (χ4n) is 1.89. The number of sulfonamides is 1. The maximum atomic E-state index is 12.5. The smallest absolute Gasteiger partial charge is 0.335 e. The van der Waals surface area contributed by atoms with Gasteiger partial charge in [-0.2, -0.15) is 4.31 Å². The van der Waals surface area contributed by atoms with Gasteiger partial charge in [-0.3, -0.25) is 0 Å². The van der Waals surface area contributed by atoms with Crippen molar-refractivity contribution < 1.29 is 18.3 Å². The highest BCUT2D eigenvalue weighted by molar-refractivity contribution is 7.89. The number of carboxylic acids is 1. The Morgan fingerprint density at radius 2 is 2.10 bits per heavy atom. The molecule has 20 heavy (non-hydrogen) atoms. The summed E-state index contributed by atoms with van der Waals surface area (Å²) in [5.41, 5.74) is 0.531. The molecule has 0 aromatic heterocycles. The molecule has 1 rings (SSSR count). The Hall–Kier alpha value is -1.66. The highest BCUT2D eigenvalue weighted by Crippen LogP contribution is 2.20. The Kier molecular flexibility index (Phi) is 5.47.